The van der Waals surface area contributed by atoms with Crippen LogP contribution in [0.1, 0.15) is 57.2 Å². The molecule has 0 radical (unpaired) electrons. The Hall–Kier alpha value is -1.06. The average Bonchev–Trinajstić information content (AvgIpc) is 2.54. The van der Waals surface area contributed by atoms with Crippen molar-refractivity contribution in [1.82, 2.24) is 5.32 Å². The number of hydrogen-bond acceptors (Lipinski definition) is 2. The number of rotatable bonds is 5. The molecule has 1 aromatic rings. The minimum atomic E-state index is -0.278. The maximum absolute atomic E-state index is 12.7. The highest BCUT2D eigenvalue weighted by molar-refractivity contribution is 6.31. The highest BCUT2D eigenvalue weighted by Gasteiger charge is 2.35. The van der Waals surface area contributed by atoms with E-state index in [0.717, 1.165) is 24.0 Å². The summed E-state index contributed by atoms with van der Waals surface area (Å²) in [6.07, 6.45) is 3.35. The standard InChI is InChI=1S/C20H31ClN2O/c1-12(2)15-7-5-13(3)9-16(15)20(24)23-11-19(22)17-10-14(4)6-8-18(17)21/h6,8,10,12-13,15-16,19H,5,7,9,11,22H2,1-4H3,(H,23,24)/t13-,15+,16-,19-/m1/s1. The van der Waals surface area contributed by atoms with Crippen LogP contribution < -0.4 is 11.1 Å². The van der Waals surface area contributed by atoms with Crippen molar-refractivity contribution < 1.29 is 4.79 Å². The summed E-state index contributed by atoms with van der Waals surface area (Å²) in [5.74, 6) is 1.89. The molecule has 134 valence electrons. The van der Waals surface area contributed by atoms with Crippen LogP contribution in [0.15, 0.2) is 18.2 Å². The van der Waals surface area contributed by atoms with E-state index in [-0.39, 0.29) is 17.9 Å². The summed E-state index contributed by atoms with van der Waals surface area (Å²) in [4.78, 5) is 12.7. The summed E-state index contributed by atoms with van der Waals surface area (Å²) in [6, 6.07) is 5.55. The molecule has 1 aliphatic carbocycles. The monoisotopic (exact) mass is 350 g/mol. The van der Waals surface area contributed by atoms with Crippen LogP contribution in [-0.2, 0) is 4.79 Å². The van der Waals surface area contributed by atoms with Gasteiger partial charge in [0.2, 0.25) is 5.91 Å². The fourth-order valence-corrected chi connectivity index (χ4v) is 4.16. The fraction of sp³-hybridized carbons (Fsp3) is 0.650. The molecule has 1 aliphatic rings. The van der Waals surface area contributed by atoms with E-state index in [1.165, 1.54) is 6.42 Å². The number of aryl methyl sites for hydroxylation is 1. The van der Waals surface area contributed by atoms with Gasteiger partial charge in [0.1, 0.15) is 0 Å². The quantitative estimate of drug-likeness (QED) is 0.822. The molecule has 0 spiro atoms. The van der Waals surface area contributed by atoms with E-state index in [1.54, 1.807) is 0 Å². The zero-order valence-electron chi connectivity index (χ0n) is 15.3. The molecule has 0 aromatic heterocycles. The Morgan fingerprint density at radius 1 is 1.38 bits per heavy atom. The molecule has 0 bridgehead atoms. The van der Waals surface area contributed by atoms with Crippen LogP contribution in [0.5, 0.6) is 0 Å². The predicted octanol–water partition coefficient (Wildman–Crippen LogP) is 4.47. The summed E-state index contributed by atoms with van der Waals surface area (Å²) in [7, 11) is 0. The first-order valence-electron chi connectivity index (χ1n) is 9.09. The molecule has 0 saturated heterocycles. The Bertz CT molecular complexity index is 573. The van der Waals surface area contributed by atoms with Gasteiger partial charge in [0.05, 0.1) is 0 Å². The number of hydrogen-bond donors (Lipinski definition) is 2. The van der Waals surface area contributed by atoms with Gasteiger partial charge < -0.3 is 11.1 Å². The first-order chi connectivity index (χ1) is 11.3. The Labute approximate surface area is 151 Å². The average molecular weight is 351 g/mol. The number of carbonyl (C=O) groups is 1. The first kappa shape index (κ1) is 19.3. The van der Waals surface area contributed by atoms with E-state index in [9.17, 15) is 4.79 Å². The van der Waals surface area contributed by atoms with Crippen molar-refractivity contribution in [2.24, 2.45) is 29.4 Å². The van der Waals surface area contributed by atoms with Crippen LogP contribution in [-0.4, -0.2) is 12.5 Å². The SMILES string of the molecule is Cc1ccc(Cl)c([C@H](N)CNC(=O)[C@@H]2C[C@H](C)CC[C@H]2C(C)C)c1. The third kappa shape index (κ3) is 4.73. The minimum absolute atomic E-state index is 0.105. The van der Waals surface area contributed by atoms with Crippen molar-refractivity contribution in [2.45, 2.75) is 53.0 Å². The normalized spacial score (nSPS) is 25.5. The van der Waals surface area contributed by atoms with Crippen LogP contribution >= 0.6 is 11.6 Å². The molecule has 0 heterocycles. The Kier molecular flexibility index (Phi) is 6.70. The highest BCUT2D eigenvalue weighted by atomic mass is 35.5. The topological polar surface area (TPSA) is 55.1 Å². The second kappa shape index (κ2) is 8.35. The largest absolute Gasteiger partial charge is 0.354 e. The lowest BCUT2D eigenvalue weighted by molar-refractivity contribution is -0.129. The van der Waals surface area contributed by atoms with Gasteiger partial charge in [0, 0.05) is 23.5 Å². The zero-order valence-corrected chi connectivity index (χ0v) is 16.1. The zero-order chi connectivity index (χ0) is 17.9. The van der Waals surface area contributed by atoms with Gasteiger partial charge in [-0.25, -0.2) is 0 Å². The Balaban J connectivity index is 1.99. The van der Waals surface area contributed by atoms with Crippen LogP contribution in [0.4, 0.5) is 0 Å². The molecule has 1 saturated carbocycles. The molecular weight excluding hydrogens is 320 g/mol. The molecule has 0 aliphatic heterocycles. The third-order valence-electron chi connectivity index (χ3n) is 5.41. The minimum Gasteiger partial charge on any atom is -0.354 e. The lowest BCUT2D eigenvalue weighted by Crippen LogP contribution is -2.42. The number of nitrogens with two attached hydrogens (primary N) is 1. The second-order valence-electron chi connectivity index (χ2n) is 7.81. The lowest BCUT2D eigenvalue weighted by Gasteiger charge is -2.36. The maximum atomic E-state index is 12.7. The van der Waals surface area contributed by atoms with E-state index in [1.807, 2.05) is 25.1 Å². The fourth-order valence-electron chi connectivity index (χ4n) is 3.90. The summed E-state index contributed by atoms with van der Waals surface area (Å²) in [5, 5.41) is 3.74. The van der Waals surface area contributed by atoms with Gasteiger partial charge in [-0.2, -0.15) is 0 Å². The molecule has 3 N–H and O–H groups in total. The molecule has 24 heavy (non-hydrogen) atoms. The van der Waals surface area contributed by atoms with E-state index < -0.39 is 0 Å². The second-order valence-corrected chi connectivity index (χ2v) is 8.22. The van der Waals surface area contributed by atoms with Gasteiger partial charge in [-0.05, 0) is 49.1 Å². The van der Waals surface area contributed by atoms with Gasteiger partial charge in [-0.1, -0.05) is 56.5 Å². The van der Waals surface area contributed by atoms with Crippen molar-refractivity contribution in [3.63, 3.8) is 0 Å². The van der Waals surface area contributed by atoms with Crippen molar-refractivity contribution in [3.8, 4) is 0 Å². The van der Waals surface area contributed by atoms with E-state index in [4.69, 9.17) is 17.3 Å². The van der Waals surface area contributed by atoms with Crippen LogP contribution in [0.3, 0.4) is 0 Å². The van der Waals surface area contributed by atoms with Crippen LogP contribution in [0.2, 0.25) is 5.02 Å². The highest BCUT2D eigenvalue weighted by Crippen LogP contribution is 2.38. The number of nitrogens with one attached hydrogen (secondary N) is 1. The number of benzene rings is 1. The molecule has 1 aromatic carbocycles. The number of carbonyl (C=O) groups excluding carboxylic acids is 1. The summed E-state index contributed by atoms with van der Waals surface area (Å²) < 4.78 is 0. The molecule has 1 amide bonds. The van der Waals surface area contributed by atoms with Crippen molar-refractivity contribution in [1.29, 1.82) is 0 Å². The predicted molar refractivity (Wildman–Crippen MR) is 101 cm³/mol. The number of amides is 1. The number of halogens is 1. The maximum Gasteiger partial charge on any atom is 0.223 e. The van der Waals surface area contributed by atoms with E-state index in [2.05, 4.69) is 26.1 Å². The summed E-state index contributed by atoms with van der Waals surface area (Å²) in [6.45, 7) is 9.13. The molecule has 3 nitrogen and oxygen atoms in total. The van der Waals surface area contributed by atoms with Gasteiger partial charge >= 0.3 is 0 Å². The summed E-state index contributed by atoms with van der Waals surface area (Å²) >= 11 is 6.25. The van der Waals surface area contributed by atoms with Gasteiger partial charge in [-0.15, -0.1) is 0 Å². The molecule has 0 unspecified atom stereocenters. The summed E-state index contributed by atoms with van der Waals surface area (Å²) in [5.41, 5.74) is 8.29. The molecule has 4 heteroatoms. The molecular formula is C20H31ClN2O. The van der Waals surface area contributed by atoms with Crippen molar-refractivity contribution in [2.75, 3.05) is 6.54 Å². The van der Waals surface area contributed by atoms with Gasteiger partial charge in [0.25, 0.3) is 0 Å². The van der Waals surface area contributed by atoms with Gasteiger partial charge in [0.15, 0.2) is 0 Å². The molecule has 4 atom stereocenters. The van der Waals surface area contributed by atoms with Crippen molar-refractivity contribution in [3.05, 3.63) is 34.3 Å². The van der Waals surface area contributed by atoms with Crippen LogP contribution in [0.25, 0.3) is 0 Å². The van der Waals surface area contributed by atoms with E-state index >= 15 is 0 Å². The smallest absolute Gasteiger partial charge is 0.223 e. The molecule has 2 rings (SSSR count). The Morgan fingerprint density at radius 3 is 2.75 bits per heavy atom. The lowest BCUT2D eigenvalue weighted by atomic mass is 9.70. The molecule has 1 fully saturated rings. The van der Waals surface area contributed by atoms with Crippen molar-refractivity contribution >= 4 is 17.5 Å². The first-order valence-corrected chi connectivity index (χ1v) is 9.46. The third-order valence-corrected chi connectivity index (χ3v) is 5.75. The van der Waals surface area contributed by atoms with Crippen LogP contribution in [0, 0.1) is 30.6 Å². The van der Waals surface area contributed by atoms with Gasteiger partial charge in [-0.3, -0.25) is 4.79 Å². The Morgan fingerprint density at radius 2 is 2.08 bits per heavy atom. The van der Waals surface area contributed by atoms with E-state index in [0.29, 0.717) is 29.3 Å².